The van der Waals surface area contributed by atoms with Crippen LogP contribution in [0.2, 0.25) is 0 Å². The molecule has 1 rings (SSSR count). The third-order valence-corrected chi connectivity index (χ3v) is 3.98. The molecule has 20 heavy (non-hydrogen) atoms. The van der Waals surface area contributed by atoms with E-state index < -0.39 is 6.10 Å². The van der Waals surface area contributed by atoms with Crippen molar-refractivity contribution < 1.29 is 9.53 Å². The molecule has 1 unspecified atom stereocenters. The normalized spacial score (nSPS) is 12.8. The van der Waals surface area contributed by atoms with E-state index in [1.54, 1.807) is 6.92 Å². The van der Waals surface area contributed by atoms with Gasteiger partial charge >= 0.3 is 0 Å². The molecule has 1 aromatic rings. The molecule has 0 bridgehead atoms. The SMILES string of the molecule is Cc1ccccc1OC(C)C(=O)NCCSC(C)(C)C. The lowest BCUT2D eigenvalue weighted by molar-refractivity contribution is -0.127. The smallest absolute Gasteiger partial charge is 0.260 e. The maximum absolute atomic E-state index is 11.9. The van der Waals surface area contributed by atoms with Gasteiger partial charge in [-0.2, -0.15) is 11.8 Å². The van der Waals surface area contributed by atoms with E-state index in [2.05, 4.69) is 26.1 Å². The molecule has 0 aliphatic carbocycles. The van der Waals surface area contributed by atoms with Crippen LogP contribution in [0.1, 0.15) is 33.3 Å². The Labute approximate surface area is 126 Å². The van der Waals surface area contributed by atoms with Crippen molar-refractivity contribution >= 4 is 17.7 Å². The van der Waals surface area contributed by atoms with Crippen molar-refractivity contribution in [3.8, 4) is 5.75 Å². The van der Waals surface area contributed by atoms with Gasteiger partial charge in [0, 0.05) is 17.0 Å². The summed E-state index contributed by atoms with van der Waals surface area (Å²) in [5.41, 5.74) is 1.04. The molecule has 1 N–H and O–H groups in total. The van der Waals surface area contributed by atoms with Gasteiger partial charge in [0.05, 0.1) is 0 Å². The first-order chi connectivity index (χ1) is 9.29. The van der Waals surface area contributed by atoms with E-state index in [-0.39, 0.29) is 10.7 Å². The van der Waals surface area contributed by atoms with Gasteiger partial charge in [-0.25, -0.2) is 0 Å². The average Bonchev–Trinajstić information content (AvgIpc) is 2.36. The fourth-order valence-electron chi connectivity index (χ4n) is 1.61. The van der Waals surface area contributed by atoms with E-state index in [4.69, 9.17) is 4.74 Å². The summed E-state index contributed by atoms with van der Waals surface area (Å²) in [5.74, 6) is 1.61. The standard InChI is InChI=1S/C16H25NO2S/c1-12-8-6-7-9-14(12)19-13(2)15(18)17-10-11-20-16(3,4)5/h6-9,13H,10-11H2,1-5H3,(H,17,18). The summed E-state index contributed by atoms with van der Waals surface area (Å²) in [5, 5.41) is 2.91. The lowest BCUT2D eigenvalue weighted by Crippen LogP contribution is -2.37. The Morgan fingerprint density at radius 1 is 1.35 bits per heavy atom. The Morgan fingerprint density at radius 2 is 2.00 bits per heavy atom. The predicted octanol–water partition coefficient (Wildman–Crippen LogP) is 3.41. The number of benzene rings is 1. The lowest BCUT2D eigenvalue weighted by Gasteiger charge is -2.19. The zero-order valence-electron chi connectivity index (χ0n) is 13.0. The first-order valence-corrected chi connectivity index (χ1v) is 7.92. The number of hydrogen-bond donors (Lipinski definition) is 1. The first kappa shape index (κ1) is 16.9. The summed E-state index contributed by atoms with van der Waals surface area (Å²) in [6.07, 6.45) is -0.476. The third-order valence-electron chi connectivity index (χ3n) is 2.70. The van der Waals surface area contributed by atoms with Crippen LogP contribution in [0.25, 0.3) is 0 Å². The lowest BCUT2D eigenvalue weighted by atomic mass is 10.2. The molecule has 0 saturated heterocycles. The van der Waals surface area contributed by atoms with Crippen LogP contribution in [-0.4, -0.2) is 29.1 Å². The van der Waals surface area contributed by atoms with Crippen LogP contribution >= 0.6 is 11.8 Å². The van der Waals surface area contributed by atoms with Crippen molar-refractivity contribution in [1.29, 1.82) is 0 Å². The second-order valence-corrected chi connectivity index (χ2v) is 7.70. The minimum atomic E-state index is -0.476. The van der Waals surface area contributed by atoms with Gasteiger partial charge in [-0.1, -0.05) is 39.0 Å². The van der Waals surface area contributed by atoms with Gasteiger partial charge in [-0.3, -0.25) is 4.79 Å². The molecule has 1 atom stereocenters. The summed E-state index contributed by atoms with van der Waals surface area (Å²) in [7, 11) is 0. The number of carbonyl (C=O) groups is 1. The molecule has 0 radical (unpaired) electrons. The third kappa shape index (κ3) is 6.33. The van der Waals surface area contributed by atoms with E-state index in [0.29, 0.717) is 6.54 Å². The van der Waals surface area contributed by atoms with Gasteiger partial charge in [0.1, 0.15) is 5.75 Å². The number of aryl methyl sites for hydroxylation is 1. The highest BCUT2D eigenvalue weighted by Crippen LogP contribution is 2.22. The molecule has 0 aliphatic rings. The van der Waals surface area contributed by atoms with Crippen molar-refractivity contribution in [2.75, 3.05) is 12.3 Å². The number of para-hydroxylation sites is 1. The van der Waals surface area contributed by atoms with Crippen molar-refractivity contribution in [1.82, 2.24) is 5.32 Å². The molecule has 1 aromatic carbocycles. The first-order valence-electron chi connectivity index (χ1n) is 6.93. The maximum atomic E-state index is 11.9. The summed E-state index contributed by atoms with van der Waals surface area (Å²) in [6, 6.07) is 7.72. The largest absolute Gasteiger partial charge is 0.481 e. The van der Waals surface area contributed by atoms with Gasteiger partial charge in [0.2, 0.25) is 0 Å². The van der Waals surface area contributed by atoms with Gasteiger partial charge in [0.25, 0.3) is 5.91 Å². The van der Waals surface area contributed by atoms with Crippen LogP contribution in [0.15, 0.2) is 24.3 Å². The Balaban J connectivity index is 2.35. The molecule has 0 heterocycles. The molecule has 0 fully saturated rings. The number of nitrogens with one attached hydrogen (secondary N) is 1. The van der Waals surface area contributed by atoms with E-state index in [1.165, 1.54) is 0 Å². The summed E-state index contributed by atoms with van der Waals surface area (Å²) >= 11 is 1.84. The highest BCUT2D eigenvalue weighted by atomic mass is 32.2. The Hall–Kier alpha value is -1.16. The zero-order valence-corrected chi connectivity index (χ0v) is 13.8. The van der Waals surface area contributed by atoms with Crippen LogP contribution in [0.4, 0.5) is 0 Å². The van der Waals surface area contributed by atoms with E-state index in [9.17, 15) is 4.79 Å². The number of carbonyl (C=O) groups excluding carboxylic acids is 1. The molecule has 112 valence electrons. The highest BCUT2D eigenvalue weighted by molar-refractivity contribution is 8.00. The van der Waals surface area contributed by atoms with Crippen LogP contribution in [0, 0.1) is 6.92 Å². The number of amides is 1. The van der Waals surface area contributed by atoms with Crippen LogP contribution in [-0.2, 0) is 4.79 Å². The number of thioether (sulfide) groups is 1. The number of ether oxygens (including phenoxy) is 1. The molecule has 0 spiro atoms. The maximum Gasteiger partial charge on any atom is 0.260 e. The summed E-state index contributed by atoms with van der Waals surface area (Å²) in [6.45, 7) is 10.9. The topological polar surface area (TPSA) is 38.3 Å². The highest BCUT2D eigenvalue weighted by Gasteiger charge is 2.15. The minimum absolute atomic E-state index is 0.0669. The van der Waals surface area contributed by atoms with Gasteiger partial charge < -0.3 is 10.1 Å². The molecular weight excluding hydrogens is 270 g/mol. The van der Waals surface area contributed by atoms with Gasteiger partial charge in [-0.05, 0) is 25.5 Å². The number of hydrogen-bond acceptors (Lipinski definition) is 3. The molecule has 4 heteroatoms. The van der Waals surface area contributed by atoms with E-state index >= 15 is 0 Å². The second kappa shape index (κ2) is 7.58. The van der Waals surface area contributed by atoms with E-state index in [0.717, 1.165) is 17.1 Å². The van der Waals surface area contributed by atoms with Crippen LogP contribution < -0.4 is 10.1 Å². The van der Waals surface area contributed by atoms with Gasteiger partial charge in [-0.15, -0.1) is 0 Å². The molecule has 0 aliphatic heterocycles. The van der Waals surface area contributed by atoms with Crippen molar-refractivity contribution in [3.63, 3.8) is 0 Å². The monoisotopic (exact) mass is 295 g/mol. The zero-order chi connectivity index (χ0) is 15.2. The fraction of sp³-hybridized carbons (Fsp3) is 0.562. The number of rotatable bonds is 6. The second-order valence-electron chi connectivity index (χ2n) is 5.78. The Kier molecular flexibility index (Phi) is 6.40. The van der Waals surface area contributed by atoms with Crippen LogP contribution in [0.5, 0.6) is 5.75 Å². The summed E-state index contributed by atoms with van der Waals surface area (Å²) < 4.78 is 5.92. The van der Waals surface area contributed by atoms with Crippen molar-refractivity contribution in [2.24, 2.45) is 0 Å². The summed E-state index contributed by atoms with van der Waals surface area (Å²) in [4.78, 5) is 11.9. The van der Waals surface area contributed by atoms with Crippen LogP contribution in [0.3, 0.4) is 0 Å². The molecule has 1 amide bonds. The van der Waals surface area contributed by atoms with Crippen molar-refractivity contribution in [2.45, 2.75) is 45.5 Å². The quantitative estimate of drug-likeness (QED) is 0.817. The average molecular weight is 295 g/mol. The van der Waals surface area contributed by atoms with E-state index in [1.807, 2.05) is 43.0 Å². The molecular formula is C16H25NO2S. The fourth-order valence-corrected chi connectivity index (χ4v) is 2.42. The Morgan fingerprint density at radius 3 is 2.60 bits per heavy atom. The molecule has 3 nitrogen and oxygen atoms in total. The van der Waals surface area contributed by atoms with Crippen molar-refractivity contribution in [3.05, 3.63) is 29.8 Å². The Bertz CT molecular complexity index is 440. The minimum Gasteiger partial charge on any atom is -0.481 e. The molecule has 0 saturated carbocycles. The van der Waals surface area contributed by atoms with Gasteiger partial charge in [0.15, 0.2) is 6.10 Å². The predicted molar refractivity (Wildman–Crippen MR) is 86.5 cm³/mol. The molecule has 0 aromatic heterocycles.